The van der Waals surface area contributed by atoms with Gasteiger partial charge in [-0.15, -0.1) is 0 Å². The van der Waals surface area contributed by atoms with Crippen molar-refractivity contribution in [2.75, 3.05) is 13.7 Å². The molecular weight excluding hydrogens is 480 g/mol. The van der Waals surface area contributed by atoms with Gasteiger partial charge >= 0.3 is 17.9 Å². The Morgan fingerprint density at radius 1 is 0.703 bits per heavy atom. The lowest BCUT2D eigenvalue weighted by Gasteiger charge is -2.38. The van der Waals surface area contributed by atoms with Crippen molar-refractivity contribution >= 4 is 23.7 Å². The van der Waals surface area contributed by atoms with E-state index in [1.165, 1.54) is 31.4 Å². The normalized spacial score (nSPS) is 21.1. The zero-order valence-corrected chi connectivity index (χ0v) is 19.9. The summed E-state index contributed by atoms with van der Waals surface area (Å²) in [6.45, 7) is -0.467. The van der Waals surface area contributed by atoms with Crippen LogP contribution in [0.5, 0.6) is 0 Å². The molecule has 0 radical (unpaired) electrons. The number of Topliss-reactive ketones (excluding diaryl/α,β-unsaturated/α-hetero) is 1. The van der Waals surface area contributed by atoms with Crippen LogP contribution < -0.4 is 0 Å². The maximum absolute atomic E-state index is 13.4. The van der Waals surface area contributed by atoms with Gasteiger partial charge in [0.25, 0.3) is 0 Å². The van der Waals surface area contributed by atoms with Crippen molar-refractivity contribution in [2.24, 2.45) is 0 Å². The van der Waals surface area contributed by atoms with Gasteiger partial charge in [0.15, 0.2) is 18.5 Å². The molecule has 4 rings (SSSR count). The molecule has 0 saturated carbocycles. The zero-order chi connectivity index (χ0) is 26.2. The van der Waals surface area contributed by atoms with E-state index in [4.69, 9.17) is 23.7 Å². The van der Waals surface area contributed by atoms with Crippen molar-refractivity contribution in [2.45, 2.75) is 24.6 Å². The molecule has 1 fully saturated rings. The smallest absolute Gasteiger partial charge is 0.338 e. The molecule has 190 valence electrons. The number of esters is 3. The minimum atomic E-state index is -1.58. The van der Waals surface area contributed by atoms with Gasteiger partial charge < -0.3 is 23.7 Å². The summed E-state index contributed by atoms with van der Waals surface area (Å²) in [5.74, 6) is -2.99. The van der Waals surface area contributed by atoms with E-state index in [0.29, 0.717) is 0 Å². The van der Waals surface area contributed by atoms with Gasteiger partial charge in [0.05, 0.1) is 16.7 Å². The van der Waals surface area contributed by atoms with E-state index in [2.05, 4.69) is 0 Å². The monoisotopic (exact) mass is 504 g/mol. The lowest BCUT2D eigenvalue weighted by molar-refractivity contribution is -0.248. The Kier molecular flexibility index (Phi) is 8.40. The van der Waals surface area contributed by atoms with Gasteiger partial charge in [-0.2, -0.15) is 0 Å². The number of hydrogen-bond donors (Lipinski definition) is 0. The molecule has 0 amide bonds. The number of ether oxygens (including phenoxy) is 5. The topological polar surface area (TPSA) is 114 Å². The molecule has 1 aliphatic heterocycles. The first-order valence-corrected chi connectivity index (χ1v) is 11.4. The van der Waals surface area contributed by atoms with Crippen LogP contribution in [0.15, 0.2) is 91.0 Å². The quantitative estimate of drug-likeness (QED) is 0.337. The zero-order valence-electron chi connectivity index (χ0n) is 19.9. The number of rotatable bonds is 8. The Labute approximate surface area is 212 Å². The Morgan fingerprint density at radius 3 is 1.65 bits per heavy atom. The molecule has 9 heteroatoms. The Bertz CT molecular complexity index is 1230. The molecule has 37 heavy (non-hydrogen) atoms. The molecule has 3 aromatic rings. The van der Waals surface area contributed by atoms with Gasteiger partial charge in [-0.25, -0.2) is 14.4 Å². The Morgan fingerprint density at radius 2 is 1.16 bits per heavy atom. The van der Waals surface area contributed by atoms with Gasteiger partial charge in [0.2, 0.25) is 11.9 Å². The van der Waals surface area contributed by atoms with Crippen LogP contribution in [-0.4, -0.2) is 62.0 Å². The van der Waals surface area contributed by atoms with E-state index >= 15 is 0 Å². The van der Waals surface area contributed by atoms with Gasteiger partial charge in [0.1, 0.15) is 6.61 Å². The van der Waals surface area contributed by atoms with Gasteiger partial charge in [-0.3, -0.25) is 4.79 Å². The van der Waals surface area contributed by atoms with Crippen LogP contribution in [0.2, 0.25) is 0 Å². The average Bonchev–Trinajstić information content (AvgIpc) is 2.95. The molecule has 0 aliphatic carbocycles. The fraction of sp³-hybridized carbons (Fsp3) is 0.214. The van der Waals surface area contributed by atoms with Crippen molar-refractivity contribution < 1.29 is 42.9 Å². The minimum Gasteiger partial charge on any atom is -0.459 e. The molecule has 0 N–H and O–H groups in total. The summed E-state index contributed by atoms with van der Waals surface area (Å²) in [7, 11) is 1.28. The van der Waals surface area contributed by atoms with Crippen molar-refractivity contribution in [3.63, 3.8) is 0 Å². The molecule has 1 saturated heterocycles. The largest absolute Gasteiger partial charge is 0.459 e. The summed E-state index contributed by atoms with van der Waals surface area (Å²) in [5, 5.41) is 0. The highest BCUT2D eigenvalue weighted by atomic mass is 16.7. The van der Waals surface area contributed by atoms with Gasteiger partial charge in [0, 0.05) is 7.11 Å². The van der Waals surface area contributed by atoms with Crippen molar-refractivity contribution in [3.05, 3.63) is 108 Å². The molecule has 0 aromatic heterocycles. The van der Waals surface area contributed by atoms with Crippen molar-refractivity contribution in [1.82, 2.24) is 0 Å². The summed E-state index contributed by atoms with van der Waals surface area (Å²) in [6, 6.07) is 24.3. The van der Waals surface area contributed by atoms with Crippen LogP contribution in [0.1, 0.15) is 31.1 Å². The third kappa shape index (κ3) is 6.27. The van der Waals surface area contributed by atoms with Gasteiger partial charge in [-0.05, 0) is 36.4 Å². The Balaban J connectivity index is 1.56. The van der Waals surface area contributed by atoms with Crippen molar-refractivity contribution in [3.8, 4) is 0 Å². The van der Waals surface area contributed by atoms with Crippen LogP contribution in [0.25, 0.3) is 0 Å². The predicted molar refractivity (Wildman–Crippen MR) is 129 cm³/mol. The van der Waals surface area contributed by atoms with E-state index in [1.54, 1.807) is 66.7 Å². The second-order valence-corrected chi connectivity index (χ2v) is 8.02. The standard InChI is InChI=1S/C28H24O9/c1-33-28-24(37-27(32)20-15-9-4-10-16-20)23(36-26(31)19-13-7-3-8-14-19)22(29)21(35-28)17-34-25(30)18-11-5-2-6-12-18/h2-16,21,23-24,28H,17H2,1H3/t21-,23+,24-,28+/m1/s1. The van der Waals surface area contributed by atoms with E-state index in [1.807, 2.05) is 0 Å². The molecule has 0 bridgehead atoms. The summed E-state index contributed by atoms with van der Waals surface area (Å²) in [5.41, 5.74) is 0.698. The first kappa shape index (κ1) is 25.7. The van der Waals surface area contributed by atoms with E-state index in [-0.39, 0.29) is 16.7 Å². The summed E-state index contributed by atoms with van der Waals surface area (Å²) < 4.78 is 27.4. The molecule has 1 aliphatic rings. The molecule has 4 atom stereocenters. The van der Waals surface area contributed by atoms with Crippen LogP contribution in [0, 0.1) is 0 Å². The fourth-order valence-corrected chi connectivity index (χ4v) is 3.68. The Hall–Kier alpha value is -4.34. The van der Waals surface area contributed by atoms with Crippen LogP contribution in [0.3, 0.4) is 0 Å². The lowest BCUT2D eigenvalue weighted by atomic mass is 10.00. The first-order valence-electron chi connectivity index (χ1n) is 11.4. The van der Waals surface area contributed by atoms with E-state index < -0.39 is 54.9 Å². The molecule has 0 unspecified atom stereocenters. The number of carbonyl (C=O) groups excluding carboxylic acids is 4. The lowest BCUT2D eigenvalue weighted by Crippen LogP contribution is -2.59. The first-order chi connectivity index (χ1) is 18.0. The maximum atomic E-state index is 13.4. The number of benzene rings is 3. The molecule has 9 nitrogen and oxygen atoms in total. The number of methoxy groups -OCH3 is 1. The van der Waals surface area contributed by atoms with Crippen LogP contribution in [0.4, 0.5) is 0 Å². The summed E-state index contributed by atoms with van der Waals surface area (Å²) in [4.78, 5) is 51.4. The third-order valence-corrected chi connectivity index (χ3v) is 5.57. The second kappa shape index (κ2) is 12.1. The van der Waals surface area contributed by atoms with E-state index in [0.717, 1.165) is 0 Å². The third-order valence-electron chi connectivity index (χ3n) is 5.57. The maximum Gasteiger partial charge on any atom is 0.338 e. The minimum absolute atomic E-state index is 0.191. The highest BCUT2D eigenvalue weighted by Crippen LogP contribution is 2.26. The highest BCUT2D eigenvalue weighted by molar-refractivity contribution is 5.96. The van der Waals surface area contributed by atoms with E-state index in [9.17, 15) is 19.2 Å². The fourth-order valence-electron chi connectivity index (χ4n) is 3.68. The molecular formula is C28H24O9. The number of carbonyl (C=O) groups is 4. The summed E-state index contributed by atoms with van der Waals surface area (Å²) in [6.07, 6.45) is -5.63. The average molecular weight is 504 g/mol. The number of ketones is 1. The predicted octanol–water partition coefficient (Wildman–Crippen LogP) is 3.24. The van der Waals surface area contributed by atoms with Crippen LogP contribution >= 0.6 is 0 Å². The van der Waals surface area contributed by atoms with Crippen molar-refractivity contribution in [1.29, 1.82) is 0 Å². The number of hydrogen-bond acceptors (Lipinski definition) is 9. The SMILES string of the molecule is CO[C@H]1O[C@H](COC(=O)c2ccccc2)C(=O)[C@H](OC(=O)c2ccccc2)[C@H]1OC(=O)c1ccccc1. The molecule has 0 spiro atoms. The van der Waals surface area contributed by atoms with Crippen LogP contribution in [-0.2, 0) is 28.5 Å². The highest BCUT2D eigenvalue weighted by Gasteiger charge is 2.50. The molecule has 3 aromatic carbocycles. The molecule has 1 heterocycles. The summed E-state index contributed by atoms with van der Waals surface area (Å²) >= 11 is 0. The van der Waals surface area contributed by atoms with Gasteiger partial charge in [-0.1, -0.05) is 54.6 Å². The second-order valence-electron chi connectivity index (χ2n) is 8.02.